The summed E-state index contributed by atoms with van der Waals surface area (Å²) in [6.07, 6.45) is 16.7. The van der Waals surface area contributed by atoms with Gasteiger partial charge < -0.3 is 19.8 Å². The molecule has 0 spiro atoms. The fraction of sp³-hybridized carbons (Fsp3) is 1.00. The fourth-order valence-corrected chi connectivity index (χ4v) is 3.93. The molecule has 0 aliphatic rings. The lowest BCUT2D eigenvalue weighted by atomic mass is 10.1. The van der Waals surface area contributed by atoms with E-state index in [0.717, 1.165) is 62.6 Å². The molecule has 0 fully saturated rings. The summed E-state index contributed by atoms with van der Waals surface area (Å²) in [6, 6.07) is 0. The van der Waals surface area contributed by atoms with Gasteiger partial charge in [-0.25, -0.2) is 0 Å². The van der Waals surface area contributed by atoms with Crippen molar-refractivity contribution in [3.8, 4) is 0 Å². The van der Waals surface area contributed by atoms with Crippen molar-refractivity contribution >= 4 is 0 Å². The molecule has 0 saturated heterocycles. The van der Waals surface area contributed by atoms with Crippen molar-refractivity contribution in [1.29, 1.82) is 0 Å². The minimum atomic E-state index is 0.283. The molecule has 158 valence electrons. The third-order valence-corrected chi connectivity index (χ3v) is 5.61. The summed E-state index contributed by atoms with van der Waals surface area (Å²) in [5, 5.41) is 27.5. The fourth-order valence-electron chi connectivity index (χ4n) is 3.93. The van der Waals surface area contributed by atoms with Crippen molar-refractivity contribution < 1.29 is 19.8 Å². The first kappa shape index (κ1) is 25.8. The van der Waals surface area contributed by atoms with Crippen LogP contribution in [0.1, 0.15) is 96.8 Å². The first-order chi connectivity index (χ1) is 12.7. The van der Waals surface area contributed by atoms with E-state index >= 15 is 0 Å². The van der Waals surface area contributed by atoms with Crippen LogP contribution in [-0.4, -0.2) is 65.8 Å². The van der Waals surface area contributed by atoms with Gasteiger partial charge in [0.1, 0.15) is 0 Å². The second kappa shape index (κ2) is 19.6. The van der Waals surface area contributed by atoms with Crippen molar-refractivity contribution in [2.45, 2.75) is 96.8 Å². The molecule has 0 radical (unpaired) electrons. The normalized spacial score (nSPS) is 12.0. The Morgan fingerprint density at radius 1 is 0.423 bits per heavy atom. The van der Waals surface area contributed by atoms with E-state index in [-0.39, 0.29) is 19.8 Å². The minimum Gasteiger partial charge on any atom is -0.396 e. The Morgan fingerprint density at radius 3 is 1.08 bits per heavy atom. The van der Waals surface area contributed by atoms with E-state index in [2.05, 4.69) is 6.92 Å². The maximum Gasteiger partial charge on any atom is 0.0787 e. The molecular formula is C22H48NO3+. The van der Waals surface area contributed by atoms with Crippen LogP contribution in [0, 0.1) is 0 Å². The first-order valence-electron chi connectivity index (χ1n) is 11.4. The van der Waals surface area contributed by atoms with Gasteiger partial charge in [0.05, 0.1) is 26.2 Å². The zero-order valence-electron chi connectivity index (χ0n) is 17.6. The molecule has 0 unspecified atom stereocenters. The molecule has 26 heavy (non-hydrogen) atoms. The van der Waals surface area contributed by atoms with Crippen molar-refractivity contribution in [2.75, 3.05) is 46.0 Å². The molecule has 3 N–H and O–H groups in total. The van der Waals surface area contributed by atoms with Crippen molar-refractivity contribution in [3.63, 3.8) is 0 Å². The molecule has 0 atom stereocenters. The predicted molar refractivity (Wildman–Crippen MR) is 111 cm³/mol. The largest absolute Gasteiger partial charge is 0.396 e. The second-order valence-corrected chi connectivity index (χ2v) is 8.00. The predicted octanol–water partition coefficient (Wildman–Crippen LogP) is 4.26. The van der Waals surface area contributed by atoms with E-state index in [4.69, 9.17) is 15.3 Å². The zero-order chi connectivity index (χ0) is 19.3. The van der Waals surface area contributed by atoms with Crippen LogP contribution in [0.4, 0.5) is 0 Å². The standard InChI is InChI=1S/C22H48NO3/c1-2-3-4-5-6-7-8-9-16-23(17-10-13-20-24,18-11-14-21-25)19-12-15-22-26/h24-26H,2-22H2,1H3/q+1. The highest BCUT2D eigenvalue weighted by Gasteiger charge is 2.25. The summed E-state index contributed by atoms with van der Waals surface area (Å²) in [6.45, 7) is 7.73. The zero-order valence-corrected chi connectivity index (χ0v) is 17.6. The minimum absolute atomic E-state index is 0.283. The molecule has 0 bridgehead atoms. The van der Waals surface area contributed by atoms with Crippen LogP contribution in [-0.2, 0) is 0 Å². The van der Waals surface area contributed by atoms with E-state index in [1.807, 2.05) is 0 Å². The maximum atomic E-state index is 9.15. The molecule has 0 aromatic carbocycles. The number of nitrogens with zero attached hydrogens (tertiary/aromatic N) is 1. The highest BCUT2D eigenvalue weighted by Crippen LogP contribution is 2.18. The molecule has 0 saturated carbocycles. The molecule has 0 amide bonds. The smallest absolute Gasteiger partial charge is 0.0787 e. The number of hydrogen-bond donors (Lipinski definition) is 3. The molecule has 0 aromatic rings. The van der Waals surface area contributed by atoms with Crippen LogP contribution in [0.25, 0.3) is 0 Å². The van der Waals surface area contributed by atoms with Gasteiger partial charge in [-0.3, -0.25) is 0 Å². The average molecular weight is 375 g/mol. The van der Waals surface area contributed by atoms with E-state index in [9.17, 15) is 0 Å². The van der Waals surface area contributed by atoms with Crippen LogP contribution < -0.4 is 0 Å². The number of aliphatic hydroxyl groups excluding tert-OH is 3. The molecule has 0 aromatic heterocycles. The lowest BCUT2D eigenvalue weighted by Gasteiger charge is -2.39. The summed E-state index contributed by atoms with van der Waals surface area (Å²) in [7, 11) is 0. The first-order valence-corrected chi connectivity index (χ1v) is 11.4. The van der Waals surface area contributed by atoms with Crippen LogP contribution in [0.3, 0.4) is 0 Å². The Hall–Kier alpha value is -0.160. The summed E-state index contributed by atoms with van der Waals surface area (Å²) in [5.74, 6) is 0. The summed E-state index contributed by atoms with van der Waals surface area (Å²) in [4.78, 5) is 0. The number of rotatable bonds is 21. The van der Waals surface area contributed by atoms with E-state index in [0.29, 0.717) is 0 Å². The number of hydrogen-bond acceptors (Lipinski definition) is 3. The van der Waals surface area contributed by atoms with Crippen LogP contribution in [0.15, 0.2) is 0 Å². The Bertz CT molecular complexity index is 248. The number of quaternary nitrogens is 1. The van der Waals surface area contributed by atoms with Crippen molar-refractivity contribution in [2.24, 2.45) is 0 Å². The molecular weight excluding hydrogens is 326 g/mol. The maximum absolute atomic E-state index is 9.15. The lowest BCUT2D eigenvalue weighted by Crippen LogP contribution is -2.51. The van der Waals surface area contributed by atoms with Gasteiger partial charge in [0.25, 0.3) is 0 Å². The highest BCUT2D eigenvalue weighted by molar-refractivity contribution is 4.53. The number of aliphatic hydroxyl groups is 3. The van der Waals surface area contributed by atoms with E-state index in [1.165, 1.54) is 57.9 Å². The number of unbranched alkanes of at least 4 members (excludes halogenated alkanes) is 10. The molecule has 0 aliphatic heterocycles. The monoisotopic (exact) mass is 374 g/mol. The van der Waals surface area contributed by atoms with E-state index in [1.54, 1.807) is 0 Å². The van der Waals surface area contributed by atoms with Crippen molar-refractivity contribution in [1.82, 2.24) is 0 Å². The van der Waals surface area contributed by atoms with Gasteiger partial charge in [-0.05, 0) is 51.4 Å². The van der Waals surface area contributed by atoms with Crippen LogP contribution >= 0.6 is 0 Å². The Labute approximate surface area is 163 Å². The Kier molecular flexibility index (Phi) is 19.5. The highest BCUT2D eigenvalue weighted by atomic mass is 16.3. The molecule has 0 heterocycles. The van der Waals surface area contributed by atoms with Gasteiger partial charge in [0.2, 0.25) is 0 Å². The van der Waals surface area contributed by atoms with E-state index < -0.39 is 0 Å². The van der Waals surface area contributed by atoms with Gasteiger partial charge in [0, 0.05) is 19.8 Å². The van der Waals surface area contributed by atoms with Gasteiger partial charge in [-0.15, -0.1) is 0 Å². The van der Waals surface area contributed by atoms with Crippen molar-refractivity contribution in [3.05, 3.63) is 0 Å². The van der Waals surface area contributed by atoms with Gasteiger partial charge in [0.15, 0.2) is 0 Å². The topological polar surface area (TPSA) is 60.7 Å². The SMILES string of the molecule is CCCCCCCCCC[N+](CCCCO)(CCCCO)CCCCO. The second-order valence-electron chi connectivity index (χ2n) is 8.00. The van der Waals surface area contributed by atoms with Gasteiger partial charge in [-0.1, -0.05) is 45.4 Å². The summed E-state index contributed by atoms with van der Waals surface area (Å²) >= 11 is 0. The van der Waals surface area contributed by atoms with Gasteiger partial charge in [-0.2, -0.15) is 0 Å². The summed E-state index contributed by atoms with van der Waals surface area (Å²) in [5.41, 5.74) is 0. The Morgan fingerprint density at radius 2 is 0.731 bits per heavy atom. The van der Waals surface area contributed by atoms with Crippen LogP contribution in [0.5, 0.6) is 0 Å². The lowest BCUT2D eigenvalue weighted by molar-refractivity contribution is -0.929. The Balaban J connectivity index is 4.38. The average Bonchev–Trinajstić information content (AvgIpc) is 2.64. The quantitative estimate of drug-likeness (QED) is 0.208. The third kappa shape index (κ3) is 15.0. The van der Waals surface area contributed by atoms with Crippen LogP contribution in [0.2, 0.25) is 0 Å². The molecule has 0 rings (SSSR count). The van der Waals surface area contributed by atoms with Gasteiger partial charge >= 0.3 is 0 Å². The molecule has 4 heteroatoms. The third-order valence-electron chi connectivity index (χ3n) is 5.61. The molecule has 0 aliphatic carbocycles. The summed E-state index contributed by atoms with van der Waals surface area (Å²) < 4.78 is 1.12. The molecule has 4 nitrogen and oxygen atoms in total.